The highest BCUT2D eigenvalue weighted by molar-refractivity contribution is 5.19. The lowest BCUT2D eigenvalue weighted by Crippen LogP contribution is -2.21. The summed E-state index contributed by atoms with van der Waals surface area (Å²) in [5, 5.41) is 6.91. The number of nitrogens with zero attached hydrogens (tertiary/aromatic N) is 1. The fourth-order valence-corrected chi connectivity index (χ4v) is 2.75. The van der Waals surface area contributed by atoms with E-state index in [2.05, 4.69) is 15.0 Å². The highest BCUT2D eigenvalue weighted by Crippen LogP contribution is 2.41. The predicted octanol–water partition coefficient (Wildman–Crippen LogP) is 2.30. The van der Waals surface area contributed by atoms with Gasteiger partial charge in [-0.2, -0.15) is 13.2 Å². The van der Waals surface area contributed by atoms with Gasteiger partial charge in [0.05, 0.1) is 5.69 Å². The van der Waals surface area contributed by atoms with Crippen molar-refractivity contribution in [1.29, 1.82) is 0 Å². The van der Waals surface area contributed by atoms with Crippen molar-refractivity contribution in [3.8, 4) is 0 Å². The molecule has 0 aliphatic carbocycles. The fraction of sp³-hybridized carbons (Fsp3) is 0.700. The summed E-state index contributed by atoms with van der Waals surface area (Å²) < 4.78 is 41.3. The van der Waals surface area contributed by atoms with Crippen molar-refractivity contribution in [2.45, 2.75) is 43.4 Å². The second-order valence-corrected chi connectivity index (χ2v) is 4.50. The number of alkyl halides is 3. The summed E-state index contributed by atoms with van der Waals surface area (Å²) in [5.74, 6) is -0.913. The summed E-state index contributed by atoms with van der Waals surface area (Å²) in [4.78, 5) is 0. The molecule has 1 N–H and O–H groups in total. The van der Waals surface area contributed by atoms with E-state index in [1.54, 1.807) is 0 Å². The monoisotopic (exact) mass is 232 g/mol. The number of nitrogens with one attached hydrogen (secondary N) is 1. The standard InChI is InChI=1S/C10H11F3N2O/c11-10(12,13)9-4-8(15-16-9)6-3-5-1-2-7(6)14-5/h4-7,14H,1-3H2. The van der Waals surface area contributed by atoms with Gasteiger partial charge in [0, 0.05) is 24.1 Å². The lowest BCUT2D eigenvalue weighted by Gasteiger charge is -2.16. The Hall–Kier alpha value is -1.04. The highest BCUT2D eigenvalue weighted by Gasteiger charge is 2.43. The van der Waals surface area contributed by atoms with Gasteiger partial charge in [-0.25, -0.2) is 0 Å². The second kappa shape index (κ2) is 3.23. The smallest absolute Gasteiger partial charge is 0.351 e. The van der Waals surface area contributed by atoms with Crippen molar-refractivity contribution in [2.75, 3.05) is 0 Å². The summed E-state index contributed by atoms with van der Waals surface area (Å²) in [6.07, 6.45) is -1.43. The van der Waals surface area contributed by atoms with Crippen LogP contribution in [0, 0.1) is 0 Å². The van der Waals surface area contributed by atoms with E-state index in [1.165, 1.54) is 0 Å². The van der Waals surface area contributed by atoms with E-state index in [9.17, 15) is 13.2 Å². The third kappa shape index (κ3) is 1.52. The van der Waals surface area contributed by atoms with Gasteiger partial charge in [0.15, 0.2) is 0 Å². The molecule has 2 aliphatic heterocycles. The minimum Gasteiger partial charge on any atom is -0.351 e. The van der Waals surface area contributed by atoms with Crippen LogP contribution in [-0.2, 0) is 6.18 Å². The molecule has 0 aromatic carbocycles. The molecule has 3 rings (SSSR count). The molecule has 3 heterocycles. The Morgan fingerprint density at radius 1 is 1.38 bits per heavy atom. The Balaban J connectivity index is 1.83. The average Bonchev–Trinajstić information content (AvgIpc) is 2.92. The van der Waals surface area contributed by atoms with E-state index in [0.717, 1.165) is 25.3 Å². The minimum absolute atomic E-state index is 0.0820. The van der Waals surface area contributed by atoms with Crippen LogP contribution in [0.4, 0.5) is 13.2 Å². The third-order valence-electron chi connectivity index (χ3n) is 3.49. The summed E-state index contributed by atoms with van der Waals surface area (Å²) in [7, 11) is 0. The molecule has 6 heteroatoms. The maximum absolute atomic E-state index is 12.3. The predicted molar refractivity (Wildman–Crippen MR) is 48.8 cm³/mol. The molecule has 2 bridgehead atoms. The van der Waals surface area contributed by atoms with Gasteiger partial charge in [0.1, 0.15) is 0 Å². The Morgan fingerprint density at radius 3 is 2.69 bits per heavy atom. The molecule has 0 saturated carbocycles. The first kappa shape index (κ1) is 10.1. The Bertz CT molecular complexity index is 401. The zero-order valence-corrected chi connectivity index (χ0v) is 8.42. The van der Waals surface area contributed by atoms with Gasteiger partial charge in [-0.1, -0.05) is 5.16 Å². The fourth-order valence-electron chi connectivity index (χ4n) is 2.75. The van der Waals surface area contributed by atoms with E-state index in [1.807, 2.05) is 0 Å². The molecule has 0 spiro atoms. The van der Waals surface area contributed by atoms with Crippen LogP contribution in [0.2, 0.25) is 0 Å². The van der Waals surface area contributed by atoms with E-state index >= 15 is 0 Å². The molecule has 3 unspecified atom stereocenters. The van der Waals surface area contributed by atoms with Crippen molar-refractivity contribution in [3.63, 3.8) is 0 Å². The first-order valence-corrected chi connectivity index (χ1v) is 5.34. The summed E-state index contributed by atoms with van der Waals surface area (Å²) in [5.41, 5.74) is 0.437. The Labute approximate surface area is 90.0 Å². The number of hydrogen-bond acceptors (Lipinski definition) is 3. The lowest BCUT2D eigenvalue weighted by atomic mass is 9.87. The van der Waals surface area contributed by atoms with E-state index < -0.39 is 11.9 Å². The summed E-state index contributed by atoms with van der Waals surface area (Å²) in [6.45, 7) is 0. The topological polar surface area (TPSA) is 38.1 Å². The number of halogens is 3. The maximum Gasteiger partial charge on any atom is 0.452 e. The number of hydrogen-bond donors (Lipinski definition) is 1. The van der Waals surface area contributed by atoms with Crippen molar-refractivity contribution in [2.24, 2.45) is 0 Å². The van der Waals surface area contributed by atoms with Crippen LogP contribution in [0.5, 0.6) is 0 Å². The van der Waals surface area contributed by atoms with Crippen LogP contribution in [-0.4, -0.2) is 17.2 Å². The molecule has 3 atom stereocenters. The van der Waals surface area contributed by atoms with Gasteiger partial charge in [0.2, 0.25) is 5.76 Å². The zero-order valence-electron chi connectivity index (χ0n) is 8.42. The maximum atomic E-state index is 12.3. The zero-order chi connectivity index (χ0) is 11.3. The van der Waals surface area contributed by atoms with Gasteiger partial charge >= 0.3 is 6.18 Å². The number of rotatable bonds is 1. The lowest BCUT2D eigenvalue weighted by molar-refractivity contribution is -0.155. The van der Waals surface area contributed by atoms with Crippen molar-refractivity contribution >= 4 is 0 Å². The highest BCUT2D eigenvalue weighted by atomic mass is 19.4. The molecule has 1 aromatic rings. The Morgan fingerprint density at radius 2 is 2.19 bits per heavy atom. The van der Waals surface area contributed by atoms with Gasteiger partial charge < -0.3 is 9.84 Å². The van der Waals surface area contributed by atoms with Crippen LogP contribution in [0.15, 0.2) is 10.6 Å². The Kier molecular flexibility index (Phi) is 2.04. The number of aromatic nitrogens is 1. The summed E-state index contributed by atoms with van der Waals surface area (Å²) >= 11 is 0. The van der Waals surface area contributed by atoms with Crippen molar-refractivity contribution < 1.29 is 17.7 Å². The molecule has 2 aliphatic rings. The quantitative estimate of drug-likeness (QED) is 0.807. The van der Waals surface area contributed by atoms with Crippen LogP contribution < -0.4 is 5.32 Å². The molecule has 0 radical (unpaired) electrons. The van der Waals surface area contributed by atoms with Crippen LogP contribution in [0.1, 0.15) is 36.6 Å². The molecule has 0 amide bonds. The van der Waals surface area contributed by atoms with Gasteiger partial charge in [0.25, 0.3) is 0 Å². The number of fused-ring (bicyclic) bond motifs is 2. The van der Waals surface area contributed by atoms with Crippen LogP contribution >= 0.6 is 0 Å². The first-order chi connectivity index (χ1) is 7.54. The van der Waals surface area contributed by atoms with Gasteiger partial charge in [-0.3, -0.25) is 0 Å². The van der Waals surface area contributed by atoms with Gasteiger partial charge in [-0.05, 0) is 19.3 Å². The molecule has 1 aromatic heterocycles. The molecular weight excluding hydrogens is 221 g/mol. The average molecular weight is 232 g/mol. The van der Waals surface area contributed by atoms with Crippen molar-refractivity contribution in [1.82, 2.24) is 10.5 Å². The molecule has 3 nitrogen and oxygen atoms in total. The third-order valence-corrected chi connectivity index (χ3v) is 3.49. The summed E-state index contributed by atoms with van der Waals surface area (Å²) in [6, 6.07) is 1.75. The normalized spacial score (nSPS) is 33.6. The molecular formula is C10H11F3N2O. The van der Waals surface area contributed by atoms with E-state index in [-0.39, 0.29) is 12.0 Å². The van der Waals surface area contributed by atoms with Crippen LogP contribution in [0.3, 0.4) is 0 Å². The minimum atomic E-state index is -4.43. The second-order valence-electron chi connectivity index (χ2n) is 4.50. The van der Waals surface area contributed by atoms with Crippen LogP contribution in [0.25, 0.3) is 0 Å². The van der Waals surface area contributed by atoms with Gasteiger partial charge in [-0.15, -0.1) is 0 Å². The largest absolute Gasteiger partial charge is 0.452 e. The van der Waals surface area contributed by atoms with E-state index in [4.69, 9.17) is 0 Å². The molecule has 88 valence electrons. The molecule has 2 saturated heterocycles. The van der Waals surface area contributed by atoms with E-state index in [0.29, 0.717) is 11.7 Å². The molecule has 16 heavy (non-hydrogen) atoms. The first-order valence-electron chi connectivity index (χ1n) is 5.34. The molecule has 2 fully saturated rings. The van der Waals surface area contributed by atoms with Crippen molar-refractivity contribution in [3.05, 3.63) is 17.5 Å². The SMILES string of the molecule is FC(F)(F)c1cc(C2CC3CCC2N3)no1.